The van der Waals surface area contributed by atoms with Crippen molar-refractivity contribution in [1.82, 2.24) is 15.3 Å². The third-order valence-electron chi connectivity index (χ3n) is 6.88. The Balaban J connectivity index is 1.32. The normalized spacial score (nSPS) is 14.7. The van der Waals surface area contributed by atoms with Crippen LogP contribution in [0.15, 0.2) is 92.1 Å². The summed E-state index contributed by atoms with van der Waals surface area (Å²) in [6, 6.07) is 11.4. The van der Waals surface area contributed by atoms with Crippen LogP contribution < -0.4 is 5.32 Å². The summed E-state index contributed by atoms with van der Waals surface area (Å²) in [6.07, 6.45) is 7.62. The molecule has 3 N–H and O–H groups in total. The third kappa shape index (κ3) is 5.01. The second kappa shape index (κ2) is 10.4. The molecule has 0 spiro atoms. The number of aliphatic carboxylic acids is 1. The zero-order valence-corrected chi connectivity index (χ0v) is 22.8. The van der Waals surface area contributed by atoms with Crippen LogP contribution in [0.2, 0.25) is 0 Å². The van der Waals surface area contributed by atoms with Gasteiger partial charge in [0, 0.05) is 18.0 Å². The Morgan fingerprint density at radius 1 is 0.833 bits per heavy atom. The van der Waals surface area contributed by atoms with Crippen molar-refractivity contribution in [2.75, 3.05) is 0 Å². The van der Waals surface area contributed by atoms with Crippen molar-refractivity contribution in [2.24, 2.45) is 0 Å². The monoisotopic (exact) mass is 563 g/mol. The fourth-order valence-corrected chi connectivity index (χ4v) is 4.81. The number of dihydropyridines is 1. The molecule has 1 aliphatic rings. The molecule has 5 aromatic rings. The van der Waals surface area contributed by atoms with Crippen molar-refractivity contribution >= 4 is 17.6 Å². The van der Waals surface area contributed by atoms with Crippen LogP contribution in [0.25, 0.3) is 40.1 Å². The van der Waals surface area contributed by atoms with Crippen LogP contribution in [0, 0.1) is 20.8 Å². The van der Waals surface area contributed by atoms with Crippen LogP contribution in [-0.4, -0.2) is 32.1 Å². The minimum absolute atomic E-state index is 0.0235. The maximum Gasteiger partial charge on any atom is 0.335 e. The van der Waals surface area contributed by atoms with E-state index in [0.717, 1.165) is 22.3 Å². The summed E-state index contributed by atoms with van der Waals surface area (Å²) in [5, 5.41) is 22.4. The molecular formula is C32H25N3O7. The van der Waals surface area contributed by atoms with Gasteiger partial charge < -0.3 is 28.8 Å². The molecule has 1 atom stereocenters. The van der Waals surface area contributed by atoms with E-state index in [1.54, 1.807) is 24.6 Å². The summed E-state index contributed by atoms with van der Waals surface area (Å²) in [7, 11) is 0. The van der Waals surface area contributed by atoms with Gasteiger partial charge in [-0.3, -0.25) is 9.97 Å². The molecule has 1 aliphatic heterocycles. The first kappa shape index (κ1) is 26.6. The highest BCUT2D eigenvalue weighted by Gasteiger charge is 2.24. The largest absolute Gasteiger partial charge is 0.478 e. The molecule has 0 aliphatic carbocycles. The van der Waals surface area contributed by atoms with E-state index in [2.05, 4.69) is 15.3 Å². The average molecular weight is 564 g/mol. The molecule has 10 nitrogen and oxygen atoms in total. The molecule has 0 fully saturated rings. The Hall–Kier alpha value is -5.64. The predicted octanol–water partition coefficient (Wildman–Crippen LogP) is 6.58. The lowest BCUT2D eigenvalue weighted by molar-refractivity contribution is -0.132. The number of rotatable bonds is 7. The molecule has 0 radical (unpaired) electrons. The number of furan rings is 3. The Morgan fingerprint density at radius 2 is 1.55 bits per heavy atom. The van der Waals surface area contributed by atoms with Gasteiger partial charge in [0.2, 0.25) is 0 Å². The Bertz CT molecular complexity index is 1920. The van der Waals surface area contributed by atoms with Gasteiger partial charge in [-0.1, -0.05) is 0 Å². The highest BCUT2D eigenvalue weighted by molar-refractivity contribution is 5.93. The van der Waals surface area contributed by atoms with Crippen molar-refractivity contribution < 1.29 is 33.1 Å². The van der Waals surface area contributed by atoms with Gasteiger partial charge in [0.05, 0.1) is 40.5 Å². The Labute approximate surface area is 239 Å². The van der Waals surface area contributed by atoms with Crippen LogP contribution >= 0.6 is 0 Å². The number of carboxylic acid groups (broad SMARTS) is 2. The zero-order chi connectivity index (χ0) is 29.5. The number of carbonyl (C=O) groups is 2. The number of pyridine rings is 2. The summed E-state index contributed by atoms with van der Waals surface area (Å²) in [6.45, 7) is 5.82. The van der Waals surface area contributed by atoms with Crippen LogP contribution in [0.1, 0.15) is 44.5 Å². The maximum atomic E-state index is 12.0. The highest BCUT2D eigenvalue weighted by atomic mass is 16.4. The van der Waals surface area contributed by atoms with Gasteiger partial charge in [0.15, 0.2) is 23.0 Å². The van der Waals surface area contributed by atoms with Crippen molar-refractivity contribution in [1.29, 1.82) is 0 Å². The van der Waals surface area contributed by atoms with Crippen molar-refractivity contribution in [3.8, 4) is 34.4 Å². The van der Waals surface area contributed by atoms with E-state index in [9.17, 15) is 19.8 Å². The molecule has 1 unspecified atom stereocenters. The second-order valence-electron chi connectivity index (χ2n) is 10.0. The molecular weight excluding hydrogens is 538 g/mol. The molecule has 0 saturated heterocycles. The smallest absolute Gasteiger partial charge is 0.335 e. The van der Waals surface area contributed by atoms with Crippen LogP contribution in [0.5, 0.6) is 0 Å². The van der Waals surface area contributed by atoms with Crippen molar-refractivity contribution in [2.45, 2.75) is 26.8 Å². The number of carboxylic acids is 2. The van der Waals surface area contributed by atoms with E-state index in [0.29, 0.717) is 45.9 Å². The molecule has 0 aromatic carbocycles. The molecule has 10 heteroatoms. The van der Waals surface area contributed by atoms with E-state index in [4.69, 9.17) is 13.3 Å². The number of nitrogens with zero attached hydrogens (tertiary/aromatic N) is 2. The molecule has 0 bridgehead atoms. The molecule has 0 amide bonds. The topological polar surface area (TPSA) is 152 Å². The lowest BCUT2D eigenvalue weighted by atomic mass is 10.00. The highest BCUT2D eigenvalue weighted by Crippen LogP contribution is 2.38. The lowest BCUT2D eigenvalue weighted by Gasteiger charge is -2.23. The molecule has 6 heterocycles. The fraction of sp³-hybridized carbons (Fsp3) is 0.125. The molecule has 210 valence electrons. The lowest BCUT2D eigenvalue weighted by Crippen LogP contribution is -2.25. The first-order chi connectivity index (χ1) is 20.2. The van der Waals surface area contributed by atoms with Gasteiger partial charge in [0.1, 0.15) is 5.76 Å². The van der Waals surface area contributed by atoms with Crippen molar-refractivity contribution in [3.63, 3.8) is 0 Å². The summed E-state index contributed by atoms with van der Waals surface area (Å²) in [4.78, 5) is 32.1. The average Bonchev–Trinajstić information content (AvgIpc) is 3.70. The quantitative estimate of drug-likeness (QED) is 0.198. The van der Waals surface area contributed by atoms with Gasteiger partial charge in [-0.25, -0.2) is 9.59 Å². The number of hydrogen-bond donors (Lipinski definition) is 3. The zero-order valence-electron chi connectivity index (χ0n) is 22.8. The number of hydrogen-bond acceptors (Lipinski definition) is 8. The van der Waals surface area contributed by atoms with Crippen LogP contribution in [0.3, 0.4) is 0 Å². The van der Waals surface area contributed by atoms with Gasteiger partial charge in [-0.2, -0.15) is 0 Å². The number of aromatic nitrogens is 2. The minimum atomic E-state index is -1.13. The first-order valence-electron chi connectivity index (χ1n) is 13.0. The van der Waals surface area contributed by atoms with Gasteiger partial charge in [-0.15, -0.1) is 0 Å². The van der Waals surface area contributed by atoms with Gasteiger partial charge in [-0.05, 0) is 92.1 Å². The number of aromatic carboxylic acids is 1. The third-order valence-corrected chi connectivity index (χ3v) is 6.88. The Kier molecular flexibility index (Phi) is 6.58. The van der Waals surface area contributed by atoms with E-state index >= 15 is 0 Å². The molecule has 5 aromatic heterocycles. The second-order valence-corrected chi connectivity index (χ2v) is 10.0. The fourth-order valence-electron chi connectivity index (χ4n) is 4.81. The number of aryl methyl sites for hydroxylation is 3. The van der Waals surface area contributed by atoms with Crippen molar-refractivity contribution in [3.05, 3.63) is 112 Å². The van der Waals surface area contributed by atoms with Gasteiger partial charge in [0.25, 0.3) is 0 Å². The van der Waals surface area contributed by atoms with E-state index in [1.165, 1.54) is 30.5 Å². The SMILES string of the molecule is Cc1coc(-c2oc(-c3oc(-c4ccnc(C5=CC(C(=O)O)=CC(c6cc(C(=O)O)ccn6)N5)c4)cc3C)cc2C)c1. The summed E-state index contributed by atoms with van der Waals surface area (Å²) in [5.74, 6) is 0.773. The van der Waals surface area contributed by atoms with Crippen LogP contribution in [0.4, 0.5) is 0 Å². The van der Waals surface area contributed by atoms with E-state index < -0.39 is 18.0 Å². The predicted molar refractivity (Wildman–Crippen MR) is 152 cm³/mol. The minimum Gasteiger partial charge on any atom is -0.478 e. The van der Waals surface area contributed by atoms with Crippen LogP contribution in [-0.2, 0) is 4.79 Å². The summed E-state index contributed by atoms with van der Waals surface area (Å²) in [5.41, 5.74) is 4.84. The first-order valence-corrected chi connectivity index (χ1v) is 13.0. The summed E-state index contributed by atoms with van der Waals surface area (Å²) < 4.78 is 18.0. The number of nitrogens with one attached hydrogen (secondary N) is 1. The standard InChI is InChI=1S/C32H25N3O7/c1-16-8-27(40-15-16)29-18(3)10-28(42-29)30-17(2)9-26(41-30)19-4-6-33-22(11-19)24-13-21(32(38)39)14-25(35-24)23-12-20(31(36)37)5-7-34-23/h4-15,25,35H,1-3H3,(H,36,37)(H,38,39). The maximum absolute atomic E-state index is 12.0. The molecule has 6 rings (SSSR count). The Morgan fingerprint density at radius 3 is 2.26 bits per heavy atom. The van der Waals surface area contributed by atoms with E-state index in [1.807, 2.05) is 39.0 Å². The van der Waals surface area contributed by atoms with E-state index in [-0.39, 0.29) is 11.1 Å². The summed E-state index contributed by atoms with van der Waals surface area (Å²) >= 11 is 0. The van der Waals surface area contributed by atoms with Gasteiger partial charge >= 0.3 is 11.9 Å². The molecule has 42 heavy (non-hydrogen) atoms. The molecule has 0 saturated carbocycles.